The van der Waals surface area contributed by atoms with Crippen LogP contribution < -0.4 is 5.32 Å². The summed E-state index contributed by atoms with van der Waals surface area (Å²) in [6, 6.07) is 1.41. The summed E-state index contributed by atoms with van der Waals surface area (Å²) in [6.45, 7) is 1.27. The number of halogens is 1. The molecule has 0 bridgehead atoms. The molecule has 1 amide bonds. The van der Waals surface area contributed by atoms with Crippen LogP contribution in [0.2, 0.25) is 5.02 Å². The fraction of sp³-hybridized carbons (Fsp3) is 0.300. The monoisotopic (exact) mass is 258 g/mol. The summed E-state index contributed by atoms with van der Waals surface area (Å²) in [5, 5.41) is 20.4. The smallest absolute Gasteiger partial charge is 0.328 e. The number of aliphatic hydroxyl groups is 1. The second-order valence-corrected chi connectivity index (χ2v) is 3.83. The van der Waals surface area contributed by atoms with Gasteiger partial charge in [0.25, 0.3) is 5.91 Å². The van der Waals surface area contributed by atoms with Gasteiger partial charge in [-0.1, -0.05) is 11.6 Å². The molecule has 3 N–H and O–H groups in total. The maximum atomic E-state index is 11.6. The van der Waals surface area contributed by atoms with E-state index in [4.69, 9.17) is 16.7 Å². The van der Waals surface area contributed by atoms with E-state index < -0.39 is 24.0 Å². The molecule has 0 radical (unpaired) electrons. The molecular formula is C10H11ClN2O4. The van der Waals surface area contributed by atoms with Crippen LogP contribution in [0.1, 0.15) is 17.4 Å². The second kappa shape index (κ2) is 5.60. The molecule has 1 aromatic heterocycles. The Morgan fingerprint density at radius 3 is 2.65 bits per heavy atom. The predicted molar refractivity (Wildman–Crippen MR) is 59.8 cm³/mol. The van der Waals surface area contributed by atoms with Crippen molar-refractivity contribution in [3.8, 4) is 0 Å². The van der Waals surface area contributed by atoms with Gasteiger partial charge in [0.2, 0.25) is 0 Å². The lowest BCUT2D eigenvalue weighted by Crippen LogP contribution is -2.47. The normalized spacial score (nSPS) is 13.8. The molecule has 0 saturated heterocycles. The minimum atomic E-state index is -1.39. The average Bonchev–Trinajstić information content (AvgIpc) is 2.24. The number of carboxylic acid groups (broad SMARTS) is 1. The number of rotatable bonds is 4. The third-order valence-electron chi connectivity index (χ3n) is 1.99. The highest BCUT2D eigenvalue weighted by Crippen LogP contribution is 2.08. The van der Waals surface area contributed by atoms with Crippen LogP contribution in [-0.2, 0) is 4.79 Å². The Balaban J connectivity index is 2.81. The predicted octanol–water partition coefficient (Wildman–Crippen LogP) is 0.299. The van der Waals surface area contributed by atoms with Crippen LogP contribution in [-0.4, -0.2) is 39.2 Å². The molecule has 0 aliphatic heterocycles. The van der Waals surface area contributed by atoms with Gasteiger partial charge < -0.3 is 15.5 Å². The molecule has 92 valence electrons. The van der Waals surface area contributed by atoms with E-state index in [1.807, 2.05) is 0 Å². The van der Waals surface area contributed by atoms with Crippen molar-refractivity contribution < 1.29 is 19.8 Å². The molecule has 1 rings (SSSR count). The van der Waals surface area contributed by atoms with E-state index in [1.54, 1.807) is 0 Å². The molecule has 0 aliphatic carbocycles. The topological polar surface area (TPSA) is 99.5 Å². The van der Waals surface area contributed by atoms with Gasteiger partial charge in [-0.15, -0.1) is 0 Å². The molecule has 0 spiro atoms. The lowest BCUT2D eigenvalue weighted by atomic mass is 10.2. The number of carboxylic acids is 1. The zero-order valence-electron chi connectivity index (χ0n) is 8.92. The molecule has 2 atom stereocenters. The van der Waals surface area contributed by atoms with Gasteiger partial charge in [-0.25, -0.2) is 4.79 Å². The van der Waals surface area contributed by atoms with Crippen molar-refractivity contribution in [2.45, 2.75) is 19.1 Å². The molecule has 0 aliphatic rings. The number of aromatic nitrogens is 1. The highest BCUT2D eigenvalue weighted by Gasteiger charge is 2.25. The third kappa shape index (κ3) is 3.69. The molecule has 1 aromatic rings. The van der Waals surface area contributed by atoms with Crippen LogP contribution in [0, 0.1) is 0 Å². The highest BCUT2D eigenvalue weighted by molar-refractivity contribution is 6.30. The molecule has 0 aromatic carbocycles. The number of aliphatic hydroxyl groups excluding tert-OH is 1. The SMILES string of the molecule is CC(O)C(NC(=O)c1cc(Cl)ccn1)C(=O)O. The molecule has 6 nitrogen and oxygen atoms in total. The van der Waals surface area contributed by atoms with Crippen molar-refractivity contribution in [1.29, 1.82) is 0 Å². The fourth-order valence-corrected chi connectivity index (χ4v) is 1.29. The first-order chi connectivity index (χ1) is 7.91. The molecule has 7 heteroatoms. The summed E-state index contributed by atoms with van der Waals surface area (Å²) >= 11 is 5.66. The average molecular weight is 259 g/mol. The Hall–Kier alpha value is -1.66. The summed E-state index contributed by atoms with van der Waals surface area (Å²) in [5.41, 5.74) is -0.00981. The van der Waals surface area contributed by atoms with Crippen LogP contribution in [0.25, 0.3) is 0 Å². The van der Waals surface area contributed by atoms with E-state index in [1.165, 1.54) is 25.3 Å². The zero-order valence-corrected chi connectivity index (χ0v) is 9.68. The molecule has 2 unspecified atom stereocenters. The number of amides is 1. The fourth-order valence-electron chi connectivity index (χ4n) is 1.13. The largest absolute Gasteiger partial charge is 0.480 e. The molecular weight excluding hydrogens is 248 g/mol. The number of hydrogen-bond donors (Lipinski definition) is 3. The van der Waals surface area contributed by atoms with Gasteiger partial charge in [0, 0.05) is 11.2 Å². The van der Waals surface area contributed by atoms with E-state index in [2.05, 4.69) is 10.3 Å². The van der Waals surface area contributed by atoms with Gasteiger partial charge in [-0.05, 0) is 19.1 Å². The van der Waals surface area contributed by atoms with Crippen molar-refractivity contribution in [1.82, 2.24) is 10.3 Å². The van der Waals surface area contributed by atoms with Crippen LogP contribution in [0.4, 0.5) is 0 Å². The number of aliphatic carboxylic acids is 1. The minimum Gasteiger partial charge on any atom is -0.480 e. The van der Waals surface area contributed by atoms with Crippen molar-refractivity contribution >= 4 is 23.5 Å². The minimum absolute atomic E-state index is 0.00981. The lowest BCUT2D eigenvalue weighted by Gasteiger charge is -2.16. The standard InChI is InChI=1S/C10H11ClN2O4/c1-5(14)8(10(16)17)13-9(15)7-4-6(11)2-3-12-7/h2-5,8,14H,1H3,(H,13,15)(H,16,17). The van der Waals surface area contributed by atoms with Crippen LogP contribution >= 0.6 is 11.6 Å². The van der Waals surface area contributed by atoms with E-state index in [0.717, 1.165) is 0 Å². The number of carbonyl (C=O) groups is 2. The Morgan fingerprint density at radius 1 is 1.53 bits per heavy atom. The Labute approximate surface area is 102 Å². The molecule has 17 heavy (non-hydrogen) atoms. The quantitative estimate of drug-likeness (QED) is 0.721. The first-order valence-corrected chi connectivity index (χ1v) is 5.13. The maximum absolute atomic E-state index is 11.6. The zero-order chi connectivity index (χ0) is 13.0. The van der Waals surface area contributed by atoms with Gasteiger partial charge in [0.1, 0.15) is 5.69 Å². The molecule has 1 heterocycles. The van der Waals surface area contributed by atoms with E-state index in [-0.39, 0.29) is 5.69 Å². The molecule has 0 fully saturated rings. The maximum Gasteiger partial charge on any atom is 0.328 e. The Kier molecular flexibility index (Phi) is 4.42. The van der Waals surface area contributed by atoms with Crippen LogP contribution in [0.15, 0.2) is 18.3 Å². The van der Waals surface area contributed by atoms with Crippen LogP contribution in [0.5, 0.6) is 0 Å². The summed E-state index contributed by atoms with van der Waals surface area (Å²) in [4.78, 5) is 26.1. The number of nitrogens with zero attached hydrogens (tertiary/aromatic N) is 1. The van der Waals surface area contributed by atoms with Crippen molar-refractivity contribution in [2.24, 2.45) is 0 Å². The van der Waals surface area contributed by atoms with Gasteiger partial charge in [0.05, 0.1) is 6.10 Å². The first kappa shape index (κ1) is 13.4. The van der Waals surface area contributed by atoms with Crippen molar-refractivity contribution in [3.63, 3.8) is 0 Å². The van der Waals surface area contributed by atoms with Gasteiger partial charge in [0.15, 0.2) is 6.04 Å². The summed E-state index contributed by atoms with van der Waals surface area (Å²) in [7, 11) is 0. The van der Waals surface area contributed by atoms with Gasteiger partial charge >= 0.3 is 5.97 Å². The summed E-state index contributed by atoms with van der Waals surface area (Å²) in [6.07, 6.45) is 0.116. The Bertz CT molecular complexity index is 436. The number of hydrogen-bond acceptors (Lipinski definition) is 4. The van der Waals surface area contributed by atoms with E-state index in [9.17, 15) is 14.7 Å². The summed E-state index contributed by atoms with van der Waals surface area (Å²) < 4.78 is 0. The summed E-state index contributed by atoms with van der Waals surface area (Å²) in [5.74, 6) is -2.03. The molecule has 0 saturated carbocycles. The van der Waals surface area contributed by atoms with E-state index >= 15 is 0 Å². The van der Waals surface area contributed by atoms with Crippen molar-refractivity contribution in [3.05, 3.63) is 29.0 Å². The first-order valence-electron chi connectivity index (χ1n) is 4.75. The highest BCUT2D eigenvalue weighted by atomic mass is 35.5. The van der Waals surface area contributed by atoms with Crippen LogP contribution in [0.3, 0.4) is 0 Å². The number of carbonyl (C=O) groups excluding carboxylic acids is 1. The van der Waals surface area contributed by atoms with Crippen molar-refractivity contribution in [2.75, 3.05) is 0 Å². The lowest BCUT2D eigenvalue weighted by molar-refractivity contribution is -0.141. The van der Waals surface area contributed by atoms with E-state index in [0.29, 0.717) is 5.02 Å². The van der Waals surface area contributed by atoms with Gasteiger partial charge in [-0.3, -0.25) is 9.78 Å². The second-order valence-electron chi connectivity index (χ2n) is 3.39. The number of pyridine rings is 1. The third-order valence-corrected chi connectivity index (χ3v) is 2.22. The Morgan fingerprint density at radius 2 is 2.18 bits per heavy atom. The number of nitrogens with one attached hydrogen (secondary N) is 1. The van der Waals surface area contributed by atoms with Gasteiger partial charge in [-0.2, -0.15) is 0 Å².